The fraction of sp³-hybridized carbons (Fsp3) is 0.105. The standard InChI is InChI=1S/C19H16F2N2OS/c1-12-5-8-14(9-6-12)25(24)19(17-3-2-4-18(22)23-17)15-11-13(20)7-10-16(15)21/h2-11,19H,1H3,(H2,22,23). The normalized spacial score (nSPS) is 13.4. The van der Waals surface area contributed by atoms with Gasteiger partial charge in [0.25, 0.3) is 0 Å². The summed E-state index contributed by atoms with van der Waals surface area (Å²) in [5.74, 6) is -1.03. The first-order valence-electron chi connectivity index (χ1n) is 7.60. The summed E-state index contributed by atoms with van der Waals surface area (Å²) in [5, 5.41) is -0.970. The van der Waals surface area contributed by atoms with Crippen LogP contribution in [0, 0.1) is 18.6 Å². The smallest absolute Gasteiger partial charge is 0.128 e. The molecule has 0 fully saturated rings. The van der Waals surface area contributed by atoms with Crippen LogP contribution in [0.5, 0.6) is 0 Å². The molecule has 2 N–H and O–H groups in total. The summed E-state index contributed by atoms with van der Waals surface area (Å²) < 4.78 is 41.3. The lowest BCUT2D eigenvalue weighted by Crippen LogP contribution is -2.13. The van der Waals surface area contributed by atoms with Crippen LogP contribution in [0.1, 0.15) is 22.1 Å². The van der Waals surface area contributed by atoms with Gasteiger partial charge in [-0.2, -0.15) is 0 Å². The van der Waals surface area contributed by atoms with Crippen LogP contribution in [0.25, 0.3) is 0 Å². The van der Waals surface area contributed by atoms with E-state index in [0.29, 0.717) is 10.6 Å². The van der Waals surface area contributed by atoms with Gasteiger partial charge in [0.1, 0.15) is 22.7 Å². The maximum atomic E-state index is 14.4. The molecule has 2 aromatic carbocycles. The maximum Gasteiger partial charge on any atom is 0.128 e. The molecule has 0 radical (unpaired) electrons. The number of nitrogen functional groups attached to an aromatic ring is 1. The number of hydrogen-bond acceptors (Lipinski definition) is 3. The Hall–Kier alpha value is -2.60. The Labute approximate surface area is 147 Å². The van der Waals surface area contributed by atoms with E-state index in [1.54, 1.807) is 30.3 Å². The summed E-state index contributed by atoms with van der Waals surface area (Å²) in [6.07, 6.45) is 0. The number of halogens is 2. The minimum absolute atomic E-state index is 0.0167. The molecule has 3 nitrogen and oxygen atoms in total. The number of hydrogen-bond donors (Lipinski definition) is 1. The molecule has 6 heteroatoms. The lowest BCUT2D eigenvalue weighted by atomic mass is 10.1. The van der Waals surface area contributed by atoms with E-state index in [2.05, 4.69) is 4.98 Å². The van der Waals surface area contributed by atoms with Crippen LogP contribution in [-0.2, 0) is 10.8 Å². The van der Waals surface area contributed by atoms with Crippen molar-refractivity contribution in [2.75, 3.05) is 5.73 Å². The lowest BCUT2D eigenvalue weighted by molar-refractivity contribution is 0.584. The van der Waals surface area contributed by atoms with Gasteiger partial charge in [-0.1, -0.05) is 23.8 Å². The van der Waals surface area contributed by atoms with Gasteiger partial charge in [0.05, 0.1) is 16.5 Å². The summed E-state index contributed by atoms with van der Waals surface area (Å²) in [4.78, 5) is 4.68. The van der Waals surface area contributed by atoms with E-state index in [4.69, 9.17) is 5.73 Å². The molecule has 0 saturated heterocycles. The molecule has 0 spiro atoms. The van der Waals surface area contributed by atoms with Crippen LogP contribution >= 0.6 is 0 Å². The SMILES string of the molecule is Cc1ccc(S(=O)C(c2cccc(N)n2)c2cc(F)ccc2F)cc1. The number of aryl methyl sites for hydroxylation is 1. The highest BCUT2D eigenvalue weighted by molar-refractivity contribution is 7.85. The Bertz CT molecular complexity index is 929. The van der Waals surface area contributed by atoms with E-state index >= 15 is 0 Å². The van der Waals surface area contributed by atoms with Crippen molar-refractivity contribution in [3.8, 4) is 0 Å². The third-order valence-corrected chi connectivity index (χ3v) is 5.43. The first-order chi connectivity index (χ1) is 12.0. The Morgan fingerprint density at radius 3 is 2.44 bits per heavy atom. The van der Waals surface area contributed by atoms with E-state index in [0.717, 1.165) is 23.8 Å². The molecular formula is C19H16F2N2OS. The topological polar surface area (TPSA) is 56.0 Å². The van der Waals surface area contributed by atoms with Gasteiger partial charge in [0, 0.05) is 10.5 Å². The molecule has 2 atom stereocenters. The van der Waals surface area contributed by atoms with Crippen molar-refractivity contribution in [3.05, 3.63) is 89.1 Å². The van der Waals surface area contributed by atoms with E-state index < -0.39 is 27.7 Å². The fourth-order valence-electron chi connectivity index (χ4n) is 2.52. The first kappa shape index (κ1) is 17.2. The van der Waals surface area contributed by atoms with E-state index in [1.165, 1.54) is 0 Å². The molecule has 0 amide bonds. The van der Waals surface area contributed by atoms with Crippen molar-refractivity contribution in [2.45, 2.75) is 17.1 Å². The highest BCUT2D eigenvalue weighted by Crippen LogP contribution is 2.33. The number of anilines is 1. The average molecular weight is 358 g/mol. The highest BCUT2D eigenvalue weighted by Gasteiger charge is 2.27. The average Bonchev–Trinajstić information content (AvgIpc) is 2.59. The summed E-state index contributed by atoms with van der Waals surface area (Å²) in [6, 6.07) is 15.0. The van der Waals surface area contributed by atoms with E-state index in [1.807, 2.05) is 19.1 Å². The van der Waals surface area contributed by atoms with Gasteiger partial charge in [0.2, 0.25) is 0 Å². The minimum atomic E-state index is -1.68. The lowest BCUT2D eigenvalue weighted by Gasteiger charge is -2.18. The highest BCUT2D eigenvalue weighted by atomic mass is 32.2. The van der Waals surface area contributed by atoms with E-state index in [9.17, 15) is 13.0 Å². The number of rotatable bonds is 4. The second-order valence-corrected chi connectivity index (χ2v) is 7.18. The second-order valence-electron chi connectivity index (χ2n) is 5.64. The predicted octanol–water partition coefficient (Wildman–Crippen LogP) is 4.15. The number of benzene rings is 2. The molecular weight excluding hydrogens is 342 g/mol. The number of pyridine rings is 1. The Balaban J connectivity index is 2.16. The van der Waals surface area contributed by atoms with Crippen LogP contribution in [0.4, 0.5) is 14.6 Å². The molecule has 2 unspecified atom stereocenters. The molecule has 0 saturated carbocycles. The van der Waals surface area contributed by atoms with Gasteiger partial charge in [0.15, 0.2) is 0 Å². The molecule has 1 aromatic heterocycles. The second kappa shape index (κ2) is 7.11. The molecule has 0 bridgehead atoms. The Morgan fingerprint density at radius 1 is 1.04 bits per heavy atom. The van der Waals surface area contributed by atoms with Crippen LogP contribution in [0.2, 0.25) is 0 Å². The summed E-state index contributed by atoms with van der Waals surface area (Å²) in [6.45, 7) is 1.91. The number of nitrogens with two attached hydrogens (primary N) is 1. The largest absolute Gasteiger partial charge is 0.384 e. The zero-order valence-corrected chi connectivity index (χ0v) is 14.3. The quantitative estimate of drug-likeness (QED) is 0.762. The zero-order chi connectivity index (χ0) is 18.0. The van der Waals surface area contributed by atoms with E-state index in [-0.39, 0.29) is 11.4 Å². The van der Waals surface area contributed by atoms with Crippen molar-refractivity contribution in [1.29, 1.82) is 0 Å². The van der Waals surface area contributed by atoms with Gasteiger partial charge in [-0.25, -0.2) is 13.8 Å². The van der Waals surface area contributed by atoms with Gasteiger partial charge < -0.3 is 5.73 Å². The zero-order valence-electron chi connectivity index (χ0n) is 13.4. The van der Waals surface area contributed by atoms with Gasteiger partial charge in [-0.3, -0.25) is 4.21 Å². The van der Waals surface area contributed by atoms with Crippen molar-refractivity contribution in [1.82, 2.24) is 4.98 Å². The Kier molecular flexibility index (Phi) is 4.90. The molecule has 3 rings (SSSR count). The summed E-state index contributed by atoms with van der Waals surface area (Å²) >= 11 is 0. The van der Waals surface area contributed by atoms with Gasteiger partial charge >= 0.3 is 0 Å². The molecule has 3 aromatic rings. The van der Waals surface area contributed by atoms with Crippen LogP contribution in [0.3, 0.4) is 0 Å². The molecule has 128 valence electrons. The van der Waals surface area contributed by atoms with Crippen molar-refractivity contribution < 1.29 is 13.0 Å². The molecule has 0 aliphatic heterocycles. The fourth-order valence-corrected chi connectivity index (χ4v) is 3.96. The first-order valence-corrected chi connectivity index (χ1v) is 8.81. The Morgan fingerprint density at radius 2 is 1.76 bits per heavy atom. The molecule has 25 heavy (non-hydrogen) atoms. The number of aromatic nitrogens is 1. The molecule has 0 aliphatic carbocycles. The molecule has 1 heterocycles. The predicted molar refractivity (Wildman–Crippen MR) is 94.4 cm³/mol. The summed E-state index contributed by atoms with van der Waals surface area (Å²) in [5.41, 5.74) is 7.04. The van der Waals surface area contributed by atoms with Gasteiger partial charge in [-0.05, 0) is 49.4 Å². The third kappa shape index (κ3) is 3.74. The molecule has 0 aliphatic rings. The van der Waals surface area contributed by atoms with Gasteiger partial charge in [-0.15, -0.1) is 0 Å². The van der Waals surface area contributed by atoms with Crippen LogP contribution < -0.4 is 5.73 Å². The van der Waals surface area contributed by atoms with Crippen molar-refractivity contribution in [3.63, 3.8) is 0 Å². The maximum absolute atomic E-state index is 14.4. The number of nitrogens with zero attached hydrogens (tertiary/aromatic N) is 1. The third-order valence-electron chi connectivity index (χ3n) is 3.77. The van der Waals surface area contributed by atoms with Crippen molar-refractivity contribution >= 4 is 16.6 Å². The monoisotopic (exact) mass is 358 g/mol. The minimum Gasteiger partial charge on any atom is -0.384 e. The van der Waals surface area contributed by atoms with Crippen LogP contribution in [-0.4, -0.2) is 9.19 Å². The summed E-state index contributed by atoms with van der Waals surface area (Å²) in [7, 11) is -1.68. The van der Waals surface area contributed by atoms with Crippen LogP contribution in [0.15, 0.2) is 65.6 Å². The van der Waals surface area contributed by atoms with Crippen molar-refractivity contribution in [2.24, 2.45) is 0 Å².